The summed E-state index contributed by atoms with van der Waals surface area (Å²) < 4.78 is 10.6. The molecule has 0 spiro atoms. The molecule has 0 saturated heterocycles. The fraction of sp³-hybridized carbons (Fsp3) is 0.278. The highest BCUT2D eigenvalue weighted by Gasteiger charge is 2.15. The summed E-state index contributed by atoms with van der Waals surface area (Å²) in [6.45, 7) is 4.10. The first kappa shape index (κ1) is 15.9. The maximum atomic E-state index is 11.5. The Hall–Kier alpha value is -2.49. The van der Waals surface area contributed by atoms with Gasteiger partial charge in [-0.3, -0.25) is 4.79 Å². The van der Waals surface area contributed by atoms with Gasteiger partial charge in [0.2, 0.25) is 5.91 Å². The number of nitrogens with one attached hydrogen (secondary N) is 1. The van der Waals surface area contributed by atoms with Crippen LogP contribution in [-0.2, 0) is 4.79 Å². The van der Waals surface area contributed by atoms with E-state index in [-0.39, 0.29) is 11.9 Å². The number of carbonyl (C=O) groups excluding carboxylic acids is 1. The molecule has 116 valence electrons. The van der Waals surface area contributed by atoms with Crippen LogP contribution in [-0.4, -0.2) is 19.6 Å². The Kier molecular flexibility index (Phi) is 5.42. The zero-order valence-electron chi connectivity index (χ0n) is 13.1. The molecule has 2 aromatic carbocycles. The molecule has 1 atom stereocenters. The Bertz CT molecular complexity index is 605. The van der Waals surface area contributed by atoms with Crippen molar-refractivity contribution < 1.29 is 14.3 Å². The normalized spacial score (nSPS) is 11.6. The minimum Gasteiger partial charge on any atom is -0.497 e. The molecule has 1 N–H and O–H groups in total. The number of amides is 1. The van der Waals surface area contributed by atoms with Gasteiger partial charge < -0.3 is 14.8 Å². The van der Waals surface area contributed by atoms with Crippen LogP contribution in [0.4, 0.5) is 0 Å². The third-order valence-corrected chi connectivity index (χ3v) is 3.32. The molecule has 1 unspecified atom stereocenters. The van der Waals surface area contributed by atoms with Crippen LogP contribution in [0.2, 0.25) is 0 Å². The van der Waals surface area contributed by atoms with Gasteiger partial charge >= 0.3 is 0 Å². The molecule has 4 heteroatoms. The molecular formula is C18H21NO3. The van der Waals surface area contributed by atoms with E-state index in [1.54, 1.807) is 7.11 Å². The Balaban J connectivity index is 2.29. The van der Waals surface area contributed by atoms with Gasteiger partial charge in [-0.2, -0.15) is 0 Å². The molecule has 0 saturated carbocycles. The second kappa shape index (κ2) is 7.50. The monoisotopic (exact) mass is 299 g/mol. The van der Waals surface area contributed by atoms with Gasteiger partial charge in [0.25, 0.3) is 0 Å². The molecule has 0 aliphatic heterocycles. The summed E-state index contributed by atoms with van der Waals surface area (Å²) in [7, 11) is 1.63. The first-order valence-corrected chi connectivity index (χ1v) is 7.28. The Labute approximate surface area is 131 Å². The van der Waals surface area contributed by atoms with Crippen molar-refractivity contribution in [1.29, 1.82) is 0 Å². The lowest BCUT2D eigenvalue weighted by molar-refractivity contribution is -0.119. The lowest BCUT2D eigenvalue weighted by atomic mass is 9.98. The van der Waals surface area contributed by atoms with E-state index >= 15 is 0 Å². The summed E-state index contributed by atoms with van der Waals surface area (Å²) >= 11 is 0. The van der Waals surface area contributed by atoms with Crippen LogP contribution in [0.5, 0.6) is 11.5 Å². The van der Waals surface area contributed by atoms with E-state index < -0.39 is 0 Å². The van der Waals surface area contributed by atoms with Gasteiger partial charge in [0, 0.05) is 6.92 Å². The summed E-state index contributed by atoms with van der Waals surface area (Å²) in [5.41, 5.74) is 2.00. The molecule has 0 aliphatic rings. The van der Waals surface area contributed by atoms with Crippen LogP contribution in [0.1, 0.15) is 31.0 Å². The standard InChI is InChI=1S/C18H21NO3/c1-4-22-17-11-7-15(8-12-17)18(19-13(2)20)14-5-9-16(21-3)10-6-14/h5-12,18H,4H2,1-3H3,(H,19,20). The lowest BCUT2D eigenvalue weighted by Crippen LogP contribution is -2.26. The molecule has 2 rings (SSSR count). The molecule has 0 fully saturated rings. The number of hydrogen-bond donors (Lipinski definition) is 1. The number of carbonyl (C=O) groups is 1. The van der Waals surface area contributed by atoms with Gasteiger partial charge in [-0.15, -0.1) is 0 Å². The largest absolute Gasteiger partial charge is 0.497 e. The maximum Gasteiger partial charge on any atom is 0.217 e. The topological polar surface area (TPSA) is 47.6 Å². The molecule has 1 amide bonds. The van der Waals surface area contributed by atoms with E-state index in [9.17, 15) is 4.79 Å². The number of hydrogen-bond acceptors (Lipinski definition) is 3. The predicted molar refractivity (Wildman–Crippen MR) is 86.3 cm³/mol. The molecule has 22 heavy (non-hydrogen) atoms. The summed E-state index contributed by atoms with van der Waals surface area (Å²) in [6.07, 6.45) is 0. The average Bonchev–Trinajstić information content (AvgIpc) is 2.54. The molecule has 0 aliphatic carbocycles. The van der Waals surface area contributed by atoms with E-state index in [1.165, 1.54) is 6.92 Å². The van der Waals surface area contributed by atoms with E-state index in [0.717, 1.165) is 22.6 Å². The molecule has 4 nitrogen and oxygen atoms in total. The smallest absolute Gasteiger partial charge is 0.217 e. The Morgan fingerprint density at radius 2 is 1.50 bits per heavy atom. The summed E-state index contributed by atoms with van der Waals surface area (Å²) in [4.78, 5) is 11.5. The highest BCUT2D eigenvalue weighted by Crippen LogP contribution is 2.25. The fourth-order valence-electron chi connectivity index (χ4n) is 2.28. The van der Waals surface area contributed by atoms with Crippen molar-refractivity contribution in [1.82, 2.24) is 5.32 Å². The second-order valence-electron chi connectivity index (χ2n) is 4.91. The van der Waals surface area contributed by atoms with E-state index in [2.05, 4.69) is 5.32 Å². The quantitative estimate of drug-likeness (QED) is 0.890. The zero-order valence-corrected chi connectivity index (χ0v) is 13.1. The van der Waals surface area contributed by atoms with Crippen LogP contribution in [0.3, 0.4) is 0 Å². The van der Waals surface area contributed by atoms with E-state index in [0.29, 0.717) is 6.61 Å². The van der Waals surface area contributed by atoms with Crippen molar-refractivity contribution >= 4 is 5.91 Å². The van der Waals surface area contributed by atoms with Crippen molar-refractivity contribution in [3.05, 3.63) is 59.7 Å². The van der Waals surface area contributed by atoms with Crippen LogP contribution < -0.4 is 14.8 Å². The van der Waals surface area contributed by atoms with Gasteiger partial charge in [-0.25, -0.2) is 0 Å². The predicted octanol–water partition coefficient (Wildman–Crippen LogP) is 3.32. The summed E-state index contributed by atoms with van der Waals surface area (Å²) in [6, 6.07) is 15.3. The fourth-order valence-corrected chi connectivity index (χ4v) is 2.28. The van der Waals surface area contributed by atoms with Crippen LogP contribution in [0, 0.1) is 0 Å². The lowest BCUT2D eigenvalue weighted by Gasteiger charge is -2.19. The summed E-state index contributed by atoms with van der Waals surface area (Å²) in [5, 5.41) is 2.98. The molecule has 0 aromatic heterocycles. The highest BCUT2D eigenvalue weighted by molar-refractivity contribution is 5.74. The number of methoxy groups -OCH3 is 1. The van der Waals surface area contributed by atoms with Crippen molar-refractivity contribution in [2.45, 2.75) is 19.9 Å². The van der Waals surface area contributed by atoms with Gasteiger partial charge in [0.15, 0.2) is 0 Å². The minimum absolute atomic E-state index is 0.0743. The highest BCUT2D eigenvalue weighted by atomic mass is 16.5. The maximum absolute atomic E-state index is 11.5. The third-order valence-electron chi connectivity index (χ3n) is 3.32. The van der Waals surface area contributed by atoms with Crippen LogP contribution in [0.15, 0.2) is 48.5 Å². The molecular weight excluding hydrogens is 278 g/mol. The van der Waals surface area contributed by atoms with Crippen molar-refractivity contribution in [2.75, 3.05) is 13.7 Å². The molecule has 0 heterocycles. The van der Waals surface area contributed by atoms with Crippen molar-refractivity contribution in [3.8, 4) is 11.5 Å². The minimum atomic E-state index is -0.195. The average molecular weight is 299 g/mol. The van der Waals surface area contributed by atoms with E-state index in [4.69, 9.17) is 9.47 Å². The first-order chi connectivity index (χ1) is 10.6. The van der Waals surface area contributed by atoms with E-state index in [1.807, 2.05) is 55.5 Å². The van der Waals surface area contributed by atoms with Gasteiger partial charge in [0.1, 0.15) is 11.5 Å². The SMILES string of the molecule is CCOc1ccc(C(NC(C)=O)c2ccc(OC)cc2)cc1. The van der Waals surface area contributed by atoms with Crippen LogP contribution in [0.25, 0.3) is 0 Å². The molecule has 0 bridgehead atoms. The second-order valence-corrected chi connectivity index (χ2v) is 4.91. The zero-order chi connectivity index (χ0) is 15.9. The van der Waals surface area contributed by atoms with Crippen molar-refractivity contribution in [3.63, 3.8) is 0 Å². The van der Waals surface area contributed by atoms with Gasteiger partial charge in [-0.1, -0.05) is 24.3 Å². The number of benzene rings is 2. The summed E-state index contributed by atoms with van der Waals surface area (Å²) in [5.74, 6) is 1.54. The van der Waals surface area contributed by atoms with Gasteiger partial charge in [-0.05, 0) is 42.3 Å². The van der Waals surface area contributed by atoms with Crippen LogP contribution >= 0.6 is 0 Å². The number of ether oxygens (including phenoxy) is 2. The first-order valence-electron chi connectivity index (χ1n) is 7.28. The number of rotatable bonds is 6. The van der Waals surface area contributed by atoms with Crippen molar-refractivity contribution in [2.24, 2.45) is 0 Å². The Morgan fingerprint density at radius 3 is 1.91 bits per heavy atom. The third kappa shape index (κ3) is 4.01. The Morgan fingerprint density at radius 1 is 1.00 bits per heavy atom. The molecule has 0 radical (unpaired) electrons. The van der Waals surface area contributed by atoms with Gasteiger partial charge in [0.05, 0.1) is 19.8 Å². The molecule has 2 aromatic rings.